The number of fused-ring (bicyclic) bond motifs is 1. The van der Waals surface area contributed by atoms with Gasteiger partial charge in [-0.2, -0.15) is 10.2 Å². The van der Waals surface area contributed by atoms with Crippen LogP contribution in [-0.4, -0.2) is 66.9 Å². The number of nitrogens with one attached hydrogen (secondary N) is 1. The maximum absolute atomic E-state index is 13.1. The van der Waals surface area contributed by atoms with Crippen molar-refractivity contribution in [2.75, 3.05) is 22.5 Å². The maximum Gasteiger partial charge on any atom is 0.260 e. The first kappa shape index (κ1) is 21.5. The second-order valence-electron chi connectivity index (χ2n) is 7.75. The average molecular weight is 464 g/mol. The minimum atomic E-state index is -1.76. The molecule has 1 aliphatic heterocycles. The highest BCUT2D eigenvalue weighted by molar-refractivity contribution is 6.04. The molecule has 4 heterocycles. The van der Waals surface area contributed by atoms with Gasteiger partial charge < -0.3 is 25.4 Å². The van der Waals surface area contributed by atoms with E-state index in [1.54, 1.807) is 42.1 Å². The lowest BCUT2D eigenvalue weighted by atomic mass is 10.1. The molecule has 1 saturated heterocycles. The highest BCUT2D eigenvalue weighted by Gasteiger charge is 2.42. The summed E-state index contributed by atoms with van der Waals surface area (Å²) in [5, 5.41) is 29.4. The monoisotopic (exact) mass is 464 g/mol. The van der Waals surface area contributed by atoms with Gasteiger partial charge in [-0.25, -0.2) is 4.68 Å². The summed E-state index contributed by atoms with van der Waals surface area (Å²) in [5.41, 5.74) is 7.07. The molecule has 0 aliphatic carbocycles. The highest BCUT2D eigenvalue weighted by Crippen LogP contribution is 2.25. The molecule has 174 valence electrons. The van der Waals surface area contributed by atoms with Gasteiger partial charge in [-0.3, -0.25) is 14.5 Å². The Kier molecular flexibility index (Phi) is 5.39. The van der Waals surface area contributed by atoms with Crippen molar-refractivity contribution in [3.8, 4) is 5.69 Å². The minimum Gasteiger partial charge on any atom is -0.380 e. The van der Waals surface area contributed by atoms with Crippen LogP contribution in [0, 0.1) is 0 Å². The lowest BCUT2D eigenvalue weighted by Gasteiger charge is -2.36. The molecule has 13 nitrogen and oxygen atoms in total. The number of amides is 2. The van der Waals surface area contributed by atoms with E-state index in [0.29, 0.717) is 28.2 Å². The average Bonchev–Trinajstić information content (AvgIpc) is 3.47. The number of anilines is 3. The SMILES string of the molecule is C[C@H]1CN(c2ccn(-c3ccnnc3)n2)C(=O)[C@@H](C(O)C(=O)Nc2ccc3c(N)noc3c2)O1. The molecule has 0 spiro atoms. The Morgan fingerprint density at radius 3 is 2.94 bits per heavy atom. The Labute approximate surface area is 192 Å². The van der Waals surface area contributed by atoms with Gasteiger partial charge in [0, 0.05) is 24.0 Å². The molecule has 1 unspecified atom stereocenters. The molecule has 3 atom stereocenters. The van der Waals surface area contributed by atoms with Crippen LogP contribution in [0.1, 0.15) is 6.92 Å². The number of aliphatic hydroxyl groups excluding tert-OH is 1. The second kappa shape index (κ2) is 8.53. The Morgan fingerprint density at radius 1 is 1.29 bits per heavy atom. The van der Waals surface area contributed by atoms with Gasteiger partial charge in [0.25, 0.3) is 11.8 Å². The molecule has 0 radical (unpaired) electrons. The number of benzene rings is 1. The fraction of sp³-hybridized carbons (Fsp3) is 0.238. The van der Waals surface area contributed by atoms with Crippen LogP contribution < -0.4 is 16.0 Å². The van der Waals surface area contributed by atoms with E-state index in [1.165, 1.54) is 23.4 Å². The third kappa shape index (κ3) is 3.93. The lowest BCUT2D eigenvalue weighted by Crippen LogP contribution is -2.58. The summed E-state index contributed by atoms with van der Waals surface area (Å²) in [6.07, 6.45) is 1.09. The summed E-state index contributed by atoms with van der Waals surface area (Å²) in [6.45, 7) is 1.95. The molecule has 0 saturated carbocycles. The molecule has 34 heavy (non-hydrogen) atoms. The molecular formula is C21H20N8O5. The van der Waals surface area contributed by atoms with Crippen LogP contribution in [0.15, 0.2) is 53.4 Å². The first-order valence-corrected chi connectivity index (χ1v) is 10.3. The van der Waals surface area contributed by atoms with E-state index in [9.17, 15) is 14.7 Å². The van der Waals surface area contributed by atoms with E-state index in [4.69, 9.17) is 15.0 Å². The van der Waals surface area contributed by atoms with Crippen molar-refractivity contribution in [1.29, 1.82) is 0 Å². The predicted molar refractivity (Wildman–Crippen MR) is 119 cm³/mol. The molecule has 1 aliphatic rings. The summed E-state index contributed by atoms with van der Waals surface area (Å²) in [7, 11) is 0. The third-order valence-electron chi connectivity index (χ3n) is 5.34. The molecule has 1 aromatic carbocycles. The van der Waals surface area contributed by atoms with E-state index in [0.717, 1.165) is 0 Å². The molecule has 5 rings (SSSR count). The van der Waals surface area contributed by atoms with Gasteiger partial charge in [0.05, 0.1) is 36.1 Å². The number of carbonyl (C=O) groups excluding carboxylic acids is 2. The molecular weight excluding hydrogens is 444 g/mol. The number of hydrogen-bond donors (Lipinski definition) is 3. The topological polar surface area (TPSA) is 175 Å². The summed E-state index contributed by atoms with van der Waals surface area (Å²) >= 11 is 0. The van der Waals surface area contributed by atoms with Crippen LogP contribution >= 0.6 is 0 Å². The molecule has 13 heteroatoms. The van der Waals surface area contributed by atoms with Crippen molar-refractivity contribution in [3.05, 3.63) is 48.9 Å². The zero-order valence-electron chi connectivity index (χ0n) is 17.9. The van der Waals surface area contributed by atoms with Gasteiger partial charge in [0.2, 0.25) is 0 Å². The zero-order chi connectivity index (χ0) is 23.8. The van der Waals surface area contributed by atoms with Crippen molar-refractivity contribution in [1.82, 2.24) is 25.1 Å². The minimum absolute atomic E-state index is 0.207. The van der Waals surface area contributed by atoms with Gasteiger partial charge in [-0.05, 0) is 25.1 Å². The maximum atomic E-state index is 13.1. The van der Waals surface area contributed by atoms with Crippen LogP contribution in [0.25, 0.3) is 16.7 Å². The van der Waals surface area contributed by atoms with Gasteiger partial charge in [-0.1, -0.05) is 5.16 Å². The largest absolute Gasteiger partial charge is 0.380 e. The lowest BCUT2D eigenvalue weighted by molar-refractivity contribution is -0.156. The van der Waals surface area contributed by atoms with Crippen molar-refractivity contribution >= 4 is 40.1 Å². The Morgan fingerprint density at radius 2 is 2.15 bits per heavy atom. The summed E-state index contributed by atoms with van der Waals surface area (Å²) in [5.74, 6) is -0.821. The highest BCUT2D eigenvalue weighted by atomic mass is 16.5. The van der Waals surface area contributed by atoms with E-state index >= 15 is 0 Å². The summed E-state index contributed by atoms with van der Waals surface area (Å²) in [6, 6.07) is 8.10. The molecule has 4 N–H and O–H groups in total. The van der Waals surface area contributed by atoms with E-state index in [-0.39, 0.29) is 12.4 Å². The van der Waals surface area contributed by atoms with Crippen LogP contribution in [0.2, 0.25) is 0 Å². The van der Waals surface area contributed by atoms with Crippen molar-refractivity contribution in [2.24, 2.45) is 0 Å². The number of nitrogens with zero attached hydrogens (tertiary/aromatic N) is 6. The number of hydrogen-bond acceptors (Lipinski definition) is 10. The number of nitrogen functional groups attached to an aromatic ring is 1. The smallest absolute Gasteiger partial charge is 0.260 e. The van der Waals surface area contributed by atoms with Crippen LogP contribution in [0.4, 0.5) is 17.3 Å². The van der Waals surface area contributed by atoms with Crippen LogP contribution in [0.3, 0.4) is 0 Å². The van der Waals surface area contributed by atoms with E-state index < -0.39 is 30.1 Å². The molecule has 4 aromatic rings. The zero-order valence-corrected chi connectivity index (χ0v) is 17.9. The number of morpholine rings is 1. The first-order chi connectivity index (χ1) is 16.4. The predicted octanol–water partition coefficient (Wildman–Crippen LogP) is 0.506. The van der Waals surface area contributed by atoms with Gasteiger partial charge in [0.1, 0.15) is 0 Å². The van der Waals surface area contributed by atoms with Gasteiger partial charge in [0.15, 0.2) is 29.4 Å². The Balaban J connectivity index is 1.33. The number of aliphatic hydroxyl groups is 1. The van der Waals surface area contributed by atoms with E-state index in [1.807, 2.05) is 0 Å². The van der Waals surface area contributed by atoms with Crippen LogP contribution in [0.5, 0.6) is 0 Å². The molecule has 3 aromatic heterocycles. The fourth-order valence-electron chi connectivity index (χ4n) is 3.68. The van der Waals surface area contributed by atoms with Crippen molar-refractivity contribution in [3.63, 3.8) is 0 Å². The number of nitrogens with two attached hydrogens (primary N) is 1. The Hall–Kier alpha value is -4.36. The molecule has 1 fully saturated rings. The Bertz CT molecular complexity index is 1350. The summed E-state index contributed by atoms with van der Waals surface area (Å²) in [4.78, 5) is 27.2. The fourth-order valence-corrected chi connectivity index (χ4v) is 3.68. The van der Waals surface area contributed by atoms with Gasteiger partial charge in [-0.15, -0.1) is 5.10 Å². The number of carbonyl (C=O) groups is 2. The first-order valence-electron chi connectivity index (χ1n) is 10.3. The normalized spacial score (nSPS) is 19.4. The number of rotatable bonds is 5. The summed E-state index contributed by atoms with van der Waals surface area (Å²) < 4.78 is 12.3. The van der Waals surface area contributed by atoms with Crippen molar-refractivity contribution < 1.29 is 24.0 Å². The third-order valence-corrected chi connectivity index (χ3v) is 5.34. The standard InChI is InChI=1S/C21H20N8O5/c1-11-10-28(16-5-7-29(26-16)13-4-6-23-24-9-13)21(32)18(33-11)17(30)20(31)25-12-2-3-14-15(8-12)34-27-19(14)22/h2-9,11,17-18,30H,10H2,1H3,(H2,22,27)(H,25,31)/t11-,17?,18+/m0/s1. The quantitative estimate of drug-likeness (QED) is 0.377. The number of aromatic nitrogens is 5. The van der Waals surface area contributed by atoms with Crippen molar-refractivity contribution in [2.45, 2.75) is 25.2 Å². The molecule has 2 amide bonds. The molecule has 0 bridgehead atoms. The van der Waals surface area contributed by atoms with Gasteiger partial charge >= 0.3 is 0 Å². The van der Waals surface area contributed by atoms with E-state index in [2.05, 4.69) is 25.8 Å². The number of ether oxygens (including phenoxy) is 1. The van der Waals surface area contributed by atoms with Crippen LogP contribution in [-0.2, 0) is 14.3 Å². The second-order valence-corrected chi connectivity index (χ2v) is 7.75.